The summed E-state index contributed by atoms with van der Waals surface area (Å²) in [4.78, 5) is 59.2. The lowest BCUT2D eigenvalue weighted by Gasteiger charge is -2.07. The number of allylic oxidation sites excluding steroid dienone is 1. The second kappa shape index (κ2) is 12.1. The fourth-order valence-corrected chi connectivity index (χ4v) is 3.49. The number of carbonyl (C=O) groups excluding carboxylic acids is 4. The molecule has 0 saturated carbocycles. The van der Waals surface area contributed by atoms with Crippen LogP contribution in [0.25, 0.3) is 6.08 Å². The van der Waals surface area contributed by atoms with Crippen molar-refractivity contribution in [1.29, 1.82) is 0 Å². The molecule has 1 heterocycles. The zero-order valence-electron chi connectivity index (χ0n) is 18.3. The minimum atomic E-state index is -0.728. The molecule has 1 amide bonds. The number of nitro benzene ring substituents is 1. The van der Waals surface area contributed by atoms with E-state index in [2.05, 4.69) is 5.32 Å². The molecule has 0 spiro atoms. The highest BCUT2D eigenvalue weighted by molar-refractivity contribution is 7.10. The first-order valence-corrected chi connectivity index (χ1v) is 11.3. The van der Waals surface area contributed by atoms with Gasteiger partial charge in [-0.1, -0.05) is 6.07 Å². The molecular formula is C25H20N2O7S. The third kappa shape index (κ3) is 7.83. The summed E-state index contributed by atoms with van der Waals surface area (Å²) in [5, 5.41) is 15.2. The van der Waals surface area contributed by atoms with Crippen LogP contribution in [0.2, 0.25) is 0 Å². The molecule has 0 unspecified atom stereocenters. The maximum absolute atomic E-state index is 12.2. The van der Waals surface area contributed by atoms with E-state index in [4.69, 9.17) is 4.74 Å². The van der Waals surface area contributed by atoms with Crippen LogP contribution in [0.1, 0.15) is 38.4 Å². The van der Waals surface area contributed by atoms with Crippen molar-refractivity contribution < 1.29 is 28.8 Å². The summed E-state index contributed by atoms with van der Waals surface area (Å²) in [5.74, 6) is -1.84. The first-order chi connectivity index (χ1) is 16.8. The SMILES string of the molecule is O=C(CCC(=O)OCC(=O)c1ccc([N+](=O)[O-])cc1)Nc1ccc(C(=O)C=Cc2cccs2)cc1. The van der Waals surface area contributed by atoms with Gasteiger partial charge in [0.2, 0.25) is 5.91 Å². The van der Waals surface area contributed by atoms with Gasteiger partial charge in [-0.2, -0.15) is 0 Å². The van der Waals surface area contributed by atoms with Gasteiger partial charge in [-0.05, 0) is 60.0 Å². The second-order valence-electron chi connectivity index (χ2n) is 7.23. The molecule has 3 rings (SSSR count). The minimum Gasteiger partial charge on any atom is -0.457 e. The zero-order valence-corrected chi connectivity index (χ0v) is 19.2. The summed E-state index contributed by atoms with van der Waals surface area (Å²) in [5.41, 5.74) is 0.953. The number of anilines is 1. The standard InChI is InChI=1S/C25H20N2O7S/c28-22(12-11-21-2-1-15-35-21)17-3-7-19(8-4-17)26-24(30)13-14-25(31)34-16-23(29)18-5-9-20(10-6-18)27(32)33/h1-12,15H,13-14,16H2,(H,26,30). The number of thiophene rings is 1. The van der Waals surface area contributed by atoms with Crippen molar-refractivity contribution in [2.75, 3.05) is 11.9 Å². The minimum absolute atomic E-state index is 0.156. The molecule has 0 aliphatic rings. The van der Waals surface area contributed by atoms with E-state index >= 15 is 0 Å². The molecule has 9 nitrogen and oxygen atoms in total. The average molecular weight is 493 g/mol. The van der Waals surface area contributed by atoms with Crippen molar-refractivity contribution >= 4 is 52.2 Å². The Bertz CT molecular complexity index is 1250. The number of ketones is 2. The highest BCUT2D eigenvalue weighted by atomic mass is 32.1. The number of nitrogens with one attached hydrogen (secondary N) is 1. The lowest BCUT2D eigenvalue weighted by molar-refractivity contribution is -0.384. The predicted octanol–water partition coefficient (Wildman–Crippen LogP) is 4.70. The third-order valence-corrected chi connectivity index (χ3v) is 5.55. The van der Waals surface area contributed by atoms with Gasteiger partial charge in [0.25, 0.3) is 5.69 Å². The number of non-ortho nitro benzene ring substituents is 1. The molecule has 0 fully saturated rings. The van der Waals surface area contributed by atoms with Gasteiger partial charge in [0.05, 0.1) is 11.3 Å². The number of ether oxygens (including phenoxy) is 1. The lowest BCUT2D eigenvalue weighted by atomic mass is 10.1. The van der Waals surface area contributed by atoms with Crippen molar-refractivity contribution in [2.24, 2.45) is 0 Å². The normalized spacial score (nSPS) is 10.6. The molecule has 1 aromatic heterocycles. The Kier molecular flexibility index (Phi) is 8.74. The first-order valence-electron chi connectivity index (χ1n) is 10.4. The molecule has 0 radical (unpaired) electrons. The van der Waals surface area contributed by atoms with Crippen LogP contribution in [0.15, 0.2) is 72.1 Å². The van der Waals surface area contributed by atoms with E-state index in [-0.39, 0.29) is 29.9 Å². The second-order valence-corrected chi connectivity index (χ2v) is 8.21. The topological polar surface area (TPSA) is 133 Å². The number of esters is 1. The van der Waals surface area contributed by atoms with Gasteiger partial charge in [-0.25, -0.2) is 0 Å². The van der Waals surface area contributed by atoms with Gasteiger partial charge in [0.15, 0.2) is 18.2 Å². The van der Waals surface area contributed by atoms with E-state index in [0.717, 1.165) is 4.88 Å². The van der Waals surface area contributed by atoms with Crippen LogP contribution in [0.4, 0.5) is 11.4 Å². The third-order valence-electron chi connectivity index (χ3n) is 4.72. The van der Waals surface area contributed by atoms with E-state index in [1.54, 1.807) is 30.3 Å². The number of hydrogen-bond acceptors (Lipinski definition) is 8. The number of benzene rings is 2. The maximum Gasteiger partial charge on any atom is 0.306 e. The average Bonchev–Trinajstić information content (AvgIpc) is 3.39. The Labute approximate surface area is 204 Å². The largest absolute Gasteiger partial charge is 0.457 e. The fourth-order valence-electron chi connectivity index (χ4n) is 2.87. The fraction of sp³-hybridized carbons (Fsp3) is 0.120. The molecule has 3 aromatic rings. The molecule has 0 saturated heterocycles. The van der Waals surface area contributed by atoms with Gasteiger partial charge < -0.3 is 10.1 Å². The van der Waals surface area contributed by atoms with Gasteiger partial charge in [-0.3, -0.25) is 29.3 Å². The van der Waals surface area contributed by atoms with E-state index in [1.807, 2.05) is 17.5 Å². The first kappa shape index (κ1) is 25.2. The van der Waals surface area contributed by atoms with Crippen LogP contribution in [-0.4, -0.2) is 35.0 Å². The Balaban J connectivity index is 1.39. The monoisotopic (exact) mass is 492 g/mol. The quantitative estimate of drug-likeness (QED) is 0.135. The molecule has 2 aromatic carbocycles. The van der Waals surface area contributed by atoms with Crippen LogP contribution in [-0.2, 0) is 14.3 Å². The van der Waals surface area contributed by atoms with Crippen LogP contribution < -0.4 is 5.32 Å². The van der Waals surface area contributed by atoms with Crippen molar-refractivity contribution in [3.05, 3.63) is 98.2 Å². The van der Waals surface area contributed by atoms with Crippen LogP contribution in [0.3, 0.4) is 0 Å². The number of hydrogen-bond donors (Lipinski definition) is 1. The number of Topliss-reactive ketones (excluding diaryl/α,β-unsaturated/α-hetero) is 1. The lowest BCUT2D eigenvalue weighted by Crippen LogP contribution is -2.17. The van der Waals surface area contributed by atoms with Gasteiger partial charge in [0, 0.05) is 40.2 Å². The van der Waals surface area contributed by atoms with Crippen molar-refractivity contribution in [3.63, 3.8) is 0 Å². The van der Waals surface area contributed by atoms with Crippen molar-refractivity contribution in [2.45, 2.75) is 12.8 Å². The highest BCUT2D eigenvalue weighted by Gasteiger charge is 2.14. The number of nitrogens with zero attached hydrogens (tertiary/aromatic N) is 1. The highest BCUT2D eigenvalue weighted by Crippen LogP contribution is 2.15. The number of carbonyl (C=O) groups is 4. The summed E-state index contributed by atoms with van der Waals surface area (Å²) in [7, 11) is 0. The molecule has 0 aliphatic carbocycles. The molecule has 0 bridgehead atoms. The summed E-state index contributed by atoms with van der Waals surface area (Å²) in [6, 6.07) is 15.1. The molecule has 0 aliphatic heterocycles. The van der Waals surface area contributed by atoms with E-state index in [0.29, 0.717) is 11.3 Å². The van der Waals surface area contributed by atoms with Gasteiger partial charge in [0.1, 0.15) is 0 Å². The number of rotatable bonds is 11. The molecule has 1 N–H and O–H groups in total. The molecular weight excluding hydrogens is 472 g/mol. The molecule has 35 heavy (non-hydrogen) atoms. The molecule has 178 valence electrons. The van der Waals surface area contributed by atoms with Crippen LogP contribution in [0, 0.1) is 10.1 Å². The number of nitro groups is 1. The van der Waals surface area contributed by atoms with E-state index in [1.165, 1.54) is 41.7 Å². The Morgan fingerprint density at radius 2 is 1.63 bits per heavy atom. The van der Waals surface area contributed by atoms with E-state index in [9.17, 15) is 29.3 Å². The van der Waals surface area contributed by atoms with E-state index < -0.39 is 29.2 Å². The van der Waals surface area contributed by atoms with Gasteiger partial charge in [-0.15, -0.1) is 11.3 Å². The number of amides is 1. The summed E-state index contributed by atoms with van der Waals surface area (Å²) >= 11 is 1.52. The van der Waals surface area contributed by atoms with Crippen molar-refractivity contribution in [3.8, 4) is 0 Å². The molecule has 10 heteroatoms. The van der Waals surface area contributed by atoms with Gasteiger partial charge >= 0.3 is 5.97 Å². The van der Waals surface area contributed by atoms with Crippen LogP contribution in [0.5, 0.6) is 0 Å². The Morgan fingerprint density at radius 3 is 2.26 bits per heavy atom. The smallest absolute Gasteiger partial charge is 0.306 e. The maximum atomic E-state index is 12.2. The van der Waals surface area contributed by atoms with Crippen LogP contribution >= 0.6 is 11.3 Å². The predicted molar refractivity (Wildman–Crippen MR) is 130 cm³/mol. The summed E-state index contributed by atoms with van der Waals surface area (Å²) in [6.45, 7) is -0.533. The Hall–Kier alpha value is -4.44. The Morgan fingerprint density at radius 1 is 0.943 bits per heavy atom. The summed E-state index contributed by atoms with van der Waals surface area (Å²) in [6.07, 6.45) is 2.83. The van der Waals surface area contributed by atoms with Crippen molar-refractivity contribution in [1.82, 2.24) is 0 Å². The zero-order chi connectivity index (χ0) is 25.2. The molecule has 0 atom stereocenters. The summed E-state index contributed by atoms with van der Waals surface area (Å²) < 4.78 is 4.88.